The topological polar surface area (TPSA) is 156 Å². The number of aliphatic hydroxyl groups excluding tert-OH is 3. The molecule has 0 aromatic heterocycles. The van der Waals surface area contributed by atoms with E-state index in [0.717, 1.165) is 6.92 Å². The molecule has 0 amide bonds. The number of benzene rings is 1. The number of nitrogens with zero attached hydrogens (tertiary/aromatic N) is 1. The van der Waals surface area contributed by atoms with Gasteiger partial charge in [-0.25, -0.2) is 0 Å². The highest BCUT2D eigenvalue weighted by Crippen LogP contribution is 2.55. The molecule has 1 aromatic rings. The summed E-state index contributed by atoms with van der Waals surface area (Å²) < 4.78 is 0. The van der Waals surface area contributed by atoms with Gasteiger partial charge in [0.1, 0.15) is 22.8 Å². The lowest BCUT2D eigenvalue weighted by Gasteiger charge is -2.53. The van der Waals surface area contributed by atoms with Crippen molar-refractivity contribution in [3.05, 3.63) is 46.2 Å². The average molecular weight is 480 g/mol. The Bertz CT molecular complexity index is 1140. The summed E-state index contributed by atoms with van der Waals surface area (Å²) >= 11 is 0. The molecule has 0 heterocycles. The van der Waals surface area contributed by atoms with Crippen LogP contribution in [0.3, 0.4) is 0 Å². The van der Waals surface area contributed by atoms with Crippen LogP contribution in [0.15, 0.2) is 35.1 Å². The van der Waals surface area contributed by atoms with Gasteiger partial charge in [0.15, 0.2) is 17.2 Å². The van der Waals surface area contributed by atoms with Crippen molar-refractivity contribution in [2.75, 3.05) is 14.1 Å². The van der Waals surface area contributed by atoms with Crippen molar-refractivity contribution in [2.24, 2.45) is 11.8 Å². The molecule has 10 heteroatoms. The largest absolute Gasteiger partial charge is 0.508 e. The Morgan fingerprint density at radius 2 is 1.73 bits per heavy atom. The molecular weight excluding hydrogens is 454 g/mol. The van der Waals surface area contributed by atoms with E-state index in [2.05, 4.69) is 0 Å². The summed E-state index contributed by atoms with van der Waals surface area (Å²) in [6.45, 7) is 2.72. The second kappa shape index (κ2) is 7.95. The Labute approximate surface area is 196 Å². The van der Waals surface area contributed by atoms with E-state index in [0.29, 0.717) is 5.56 Å². The quantitative estimate of drug-likeness (QED) is 0.391. The van der Waals surface area contributed by atoms with Gasteiger partial charge < -0.3 is 25.5 Å². The SMILES string of the molecule is CC(=O)C1=C(O)[C@@]2(O)C(=O)C3=C(O)c4c(O)cccc4[C@H](C)[C@H]3[C@H](O)[C@H]2[C@H](N(C)C)C1=O.Cl. The first-order chi connectivity index (χ1) is 14.9. The minimum absolute atomic E-state index is 0. The lowest BCUT2D eigenvalue weighted by Crippen LogP contribution is -2.70. The van der Waals surface area contributed by atoms with Crippen LogP contribution in [0.5, 0.6) is 5.75 Å². The van der Waals surface area contributed by atoms with Crippen LogP contribution in [0, 0.1) is 11.8 Å². The second-order valence-corrected chi connectivity index (χ2v) is 8.98. The van der Waals surface area contributed by atoms with Gasteiger partial charge >= 0.3 is 0 Å². The molecule has 6 atom stereocenters. The third-order valence-electron chi connectivity index (χ3n) is 7.10. The molecule has 0 aliphatic heterocycles. The Morgan fingerprint density at radius 3 is 2.27 bits per heavy atom. The van der Waals surface area contributed by atoms with Crippen molar-refractivity contribution in [3.8, 4) is 5.75 Å². The maximum atomic E-state index is 13.7. The van der Waals surface area contributed by atoms with Gasteiger partial charge in [-0.05, 0) is 38.6 Å². The maximum Gasteiger partial charge on any atom is 0.202 e. The highest BCUT2D eigenvalue weighted by molar-refractivity contribution is 6.25. The number of ketones is 3. The van der Waals surface area contributed by atoms with Gasteiger partial charge in [0, 0.05) is 11.5 Å². The molecule has 1 fully saturated rings. The summed E-state index contributed by atoms with van der Waals surface area (Å²) in [6.07, 6.45) is -1.55. The van der Waals surface area contributed by atoms with Crippen molar-refractivity contribution in [1.29, 1.82) is 0 Å². The van der Waals surface area contributed by atoms with E-state index < -0.39 is 69.9 Å². The van der Waals surface area contributed by atoms with Crippen molar-refractivity contribution < 1.29 is 39.9 Å². The summed E-state index contributed by atoms with van der Waals surface area (Å²) in [5.41, 5.74) is -3.40. The summed E-state index contributed by atoms with van der Waals surface area (Å²) in [5, 5.41) is 55.1. The number of phenolic OH excluding ortho intramolecular Hbond substituents is 1. The lowest BCUT2D eigenvalue weighted by molar-refractivity contribution is -0.169. The fourth-order valence-electron chi connectivity index (χ4n) is 5.68. The highest BCUT2D eigenvalue weighted by atomic mass is 35.5. The van der Waals surface area contributed by atoms with E-state index in [9.17, 15) is 39.9 Å². The number of carbonyl (C=O) groups excluding carboxylic acids is 3. The molecule has 0 unspecified atom stereocenters. The van der Waals surface area contributed by atoms with E-state index in [-0.39, 0.29) is 29.3 Å². The van der Waals surface area contributed by atoms with Gasteiger partial charge in [0.05, 0.1) is 23.6 Å². The molecule has 33 heavy (non-hydrogen) atoms. The third kappa shape index (κ3) is 3.00. The molecule has 9 nitrogen and oxygen atoms in total. The molecule has 0 spiro atoms. The number of aliphatic hydroxyl groups is 4. The first-order valence-electron chi connectivity index (χ1n) is 10.2. The number of hydrogen-bond donors (Lipinski definition) is 5. The predicted octanol–water partition coefficient (Wildman–Crippen LogP) is 1.02. The lowest BCUT2D eigenvalue weighted by atomic mass is 9.54. The van der Waals surface area contributed by atoms with Gasteiger partial charge in [-0.3, -0.25) is 19.3 Å². The highest BCUT2D eigenvalue weighted by Gasteiger charge is 2.68. The zero-order chi connectivity index (χ0) is 23.9. The molecular formula is C23H26ClNO8. The molecule has 0 saturated heterocycles. The van der Waals surface area contributed by atoms with Crippen LogP contribution in [0.25, 0.3) is 5.76 Å². The number of phenols is 1. The molecule has 0 bridgehead atoms. The minimum atomic E-state index is -2.81. The van der Waals surface area contributed by atoms with Gasteiger partial charge in [0.2, 0.25) is 5.78 Å². The van der Waals surface area contributed by atoms with Gasteiger partial charge in [-0.1, -0.05) is 19.1 Å². The average Bonchev–Trinajstić information content (AvgIpc) is 2.70. The van der Waals surface area contributed by atoms with E-state index in [4.69, 9.17) is 0 Å². The monoisotopic (exact) mass is 479 g/mol. The van der Waals surface area contributed by atoms with Crippen molar-refractivity contribution in [3.63, 3.8) is 0 Å². The van der Waals surface area contributed by atoms with E-state index in [1.807, 2.05) is 0 Å². The van der Waals surface area contributed by atoms with Crippen molar-refractivity contribution in [2.45, 2.75) is 37.5 Å². The number of aromatic hydroxyl groups is 1. The molecule has 3 aliphatic carbocycles. The van der Waals surface area contributed by atoms with E-state index >= 15 is 0 Å². The maximum absolute atomic E-state index is 13.7. The molecule has 0 radical (unpaired) electrons. The summed E-state index contributed by atoms with van der Waals surface area (Å²) in [5.74, 6) is -7.90. The Kier molecular flexibility index (Phi) is 6.00. The number of likely N-dealkylation sites (N-methyl/N-ethyl adjacent to an activating group) is 1. The minimum Gasteiger partial charge on any atom is -0.508 e. The summed E-state index contributed by atoms with van der Waals surface area (Å²) in [6, 6.07) is 3.26. The number of carbonyl (C=O) groups is 3. The summed E-state index contributed by atoms with van der Waals surface area (Å²) in [7, 11) is 3.00. The Hall–Kier alpha value is -2.72. The van der Waals surface area contributed by atoms with Crippen LogP contribution in [0.1, 0.15) is 30.9 Å². The van der Waals surface area contributed by atoms with Crippen LogP contribution in [-0.4, -0.2) is 79.6 Å². The number of rotatable bonds is 2. The van der Waals surface area contributed by atoms with E-state index in [1.54, 1.807) is 19.1 Å². The molecule has 178 valence electrons. The zero-order valence-electron chi connectivity index (χ0n) is 18.4. The standard InChI is InChI=1S/C23H25NO8.ClH/c1-8-10-6-5-7-11(26)14(10)18(27)15-12(8)19(28)16-17(24(3)4)20(29)13(9(2)25)21(30)23(16,32)22(15)31;/h5-8,12,16-17,19,26-28,30,32H,1-4H3;1H/t8-,12+,16+,17-,19-,23+;/m0./s1. The van der Waals surface area contributed by atoms with Crippen LogP contribution in [-0.2, 0) is 14.4 Å². The van der Waals surface area contributed by atoms with Gasteiger partial charge in [0.25, 0.3) is 0 Å². The van der Waals surface area contributed by atoms with Crippen molar-refractivity contribution >= 4 is 35.5 Å². The number of hydrogen-bond acceptors (Lipinski definition) is 9. The smallest absolute Gasteiger partial charge is 0.202 e. The van der Waals surface area contributed by atoms with Crippen LogP contribution in [0.2, 0.25) is 0 Å². The molecule has 5 N–H and O–H groups in total. The van der Waals surface area contributed by atoms with Crippen LogP contribution < -0.4 is 0 Å². The number of Topliss-reactive ketones (excluding diaryl/α,β-unsaturated/α-hetero) is 3. The molecule has 1 aromatic carbocycles. The van der Waals surface area contributed by atoms with E-state index in [1.165, 1.54) is 25.1 Å². The first-order valence-corrected chi connectivity index (χ1v) is 10.2. The zero-order valence-corrected chi connectivity index (χ0v) is 19.3. The van der Waals surface area contributed by atoms with Gasteiger partial charge in [-0.15, -0.1) is 12.4 Å². The van der Waals surface area contributed by atoms with Crippen LogP contribution in [0.4, 0.5) is 0 Å². The molecule has 4 rings (SSSR count). The Balaban J connectivity index is 0.00000306. The normalized spacial score (nSPS) is 33.4. The van der Waals surface area contributed by atoms with Gasteiger partial charge in [-0.2, -0.15) is 0 Å². The Morgan fingerprint density at radius 1 is 1.12 bits per heavy atom. The fourth-order valence-corrected chi connectivity index (χ4v) is 5.68. The van der Waals surface area contributed by atoms with Crippen LogP contribution >= 0.6 is 12.4 Å². The number of fused-ring (bicyclic) bond motifs is 3. The second-order valence-electron chi connectivity index (χ2n) is 8.98. The summed E-state index contributed by atoms with van der Waals surface area (Å²) in [4.78, 5) is 40.3. The fraction of sp³-hybridized carbons (Fsp3) is 0.435. The predicted molar refractivity (Wildman–Crippen MR) is 119 cm³/mol. The third-order valence-corrected chi connectivity index (χ3v) is 7.10. The molecule has 1 saturated carbocycles. The number of halogens is 1. The van der Waals surface area contributed by atoms with Crippen molar-refractivity contribution in [1.82, 2.24) is 4.90 Å². The molecule has 3 aliphatic rings. The first kappa shape index (κ1) is 24.9.